The Kier molecular flexibility index (Phi) is 8.89. The second kappa shape index (κ2) is 10.9. The normalized spacial score (nSPS) is 18.3. The molecule has 1 heterocycles. The number of rotatable bonds is 12. The Bertz CT molecular complexity index is 617. The van der Waals surface area contributed by atoms with E-state index >= 15 is 0 Å². The molecule has 0 unspecified atom stereocenters. The van der Waals surface area contributed by atoms with Crippen molar-refractivity contribution in [3.63, 3.8) is 0 Å². The molecule has 0 spiro atoms. The van der Waals surface area contributed by atoms with Crippen molar-refractivity contribution >= 4 is 6.09 Å². The molecular weight excluding hydrogens is 372 g/mol. The van der Waals surface area contributed by atoms with E-state index in [0.717, 1.165) is 31.4 Å². The van der Waals surface area contributed by atoms with E-state index in [0.29, 0.717) is 26.2 Å². The van der Waals surface area contributed by atoms with Crippen LogP contribution in [0.2, 0.25) is 0 Å². The zero-order valence-electron chi connectivity index (χ0n) is 17.8. The van der Waals surface area contributed by atoms with E-state index in [-0.39, 0.29) is 5.41 Å². The predicted molar refractivity (Wildman–Crippen MR) is 112 cm³/mol. The monoisotopic (exact) mass is 408 g/mol. The van der Waals surface area contributed by atoms with Gasteiger partial charge in [0.2, 0.25) is 0 Å². The van der Waals surface area contributed by atoms with E-state index in [9.17, 15) is 9.90 Å². The minimum Gasteiger partial charge on any atom is -0.465 e. The Hall–Kier alpha value is -1.67. The molecule has 1 amide bonds. The van der Waals surface area contributed by atoms with Crippen molar-refractivity contribution in [3.8, 4) is 0 Å². The molecule has 29 heavy (non-hydrogen) atoms. The van der Waals surface area contributed by atoms with Crippen LogP contribution in [0.4, 0.5) is 4.79 Å². The molecule has 0 aromatic heterocycles. The van der Waals surface area contributed by atoms with Crippen molar-refractivity contribution in [2.75, 3.05) is 26.3 Å². The number of hydrogen-bond donors (Lipinski definition) is 4. The van der Waals surface area contributed by atoms with Gasteiger partial charge < -0.3 is 30.3 Å². The molecule has 1 aliphatic heterocycles. The highest BCUT2D eigenvalue weighted by Gasteiger charge is 2.31. The molecule has 0 aliphatic carbocycles. The molecule has 7 nitrogen and oxygen atoms in total. The number of aliphatic hydroxyl groups excluding tert-OH is 1. The van der Waals surface area contributed by atoms with Crippen LogP contribution in [0.1, 0.15) is 45.6 Å². The van der Waals surface area contributed by atoms with Gasteiger partial charge in [-0.2, -0.15) is 0 Å². The largest absolute Gasteiger partial charge is 0.465 e. The lowest BCUT2D eigenvalue weighted by Crippen LogP contribution is -2.49. The number of ether oxygens (including phenoxy) is 2. The van der Waals surface area contributed by atoms with Crippen molar-refractivity contribution < 1.29 is 24.5 Å². The van der Waals surface area contributed by atoms with Gasteiger partial charge in [-0.15, -0.1) is 0 Å². The van der Waals surface area contributed by atoms with Crippen LogP contribution in [0.15, 0.2) is 30.3 Å². The molecule has 0 saturated carbocycles. The number of amides is 1. The fourth-order valence-corrected chi connectivity index (χ4v) is 3.69. The third kappa shape index (κ3) is 8.70. The van der Waals surface area contributed by atoms with Gasteiger partial charge in [0.1, 0.15) is 0 Å². The summed E-state index contributed by atoms with van der Waals surface area (Å²) in [6.45, 7) is 8.73. The number of carboxylic acid groups (broad SMARTS) is 1. The molecule has 0 bridgehead atoms. The van der Waals surface area contributed by atoms with Gasteiger partial charge in [-0.3, -0.25) is 0 Å². The first-order valence-corrected chi connectivity index (χ1v) is 10.4. The lowest BCUT2D eigenvalue weighted by molar-refractivity contribution is -0.148. The van der Waals surface area contributed by atoms with Gasteiger partial charge in [-0.1, -0.05) is 44.2 Å². The molecule has 1 aromatic rings. The van der Waals surface area contributed by atoms with Crippen LogP contribution in [-0.2, 0) is 15.9 Å². The molecule has 1 saturated heterocycles. The van der Waals surface area contributed by atoms with Gasteiger partial charge in [-0.05, 0) is 37.2 Å². The molecule has 1 aromatic carbocycles. The molecule has 1 fully saturated rings. The fourth-order valence-electron chi connectivity index (χ4n) is 3.69. The molecule has 164 valence electrons. The zero-order chi connectivity index (χ0) is 21.3. The van der Waals surface area contributed by atoms with Crippen molar-refractivity contribution in [2.24, 2.45) is 5.41 Å². The van der Waals surface area contributed by atoms with E-state index in [1.165, 1.54) is 0 Å². The maximum absolute atomic E-state index is 11.1. The number of hydrogen-bond acceptors (Lipinski definition) is 5. The summed E-state index contributed by atoms with van der Waals surface area (Å²) in [6, 6.07) is 9.01. The van der Waals surface area contributed by atoms with Crippen molar-refractivity contribution in [2.45, 2.75) is 64.4 Å². The van der Waals surface area contributed by atoms with Crippen LogP contribution in [-0.4, -0.2) is 60.5 Å². The summed E-state index contributed by atoms with van der Waals surface area (Å²) in [7, 11) is 0. The summed E-state index contributed by atoms with van der Waals surface area (Å²) in [6.07, 6.45) is 1.35. The van der Waals surface area contributed by atoms with Crippen molar-refractivity contribution in [3.05, 3.63) is 35.9 Å². The van der Waals surface area contributed by atoms with E-state index < -0.39 is 24.0 Å². The van der Waals surface area contributed by atoms with Crippen LogP contribution in [0.3, 0.4) is 0 Å². The van der Waals surface area contributed by atoms with Crippen LogP contribution < -0.4 is 10.6 Å². The smallest absolute Gasteiger partial charge is 0.404 e. The quantitative estimate of drug-likeness (QED) is 0.424. The van der Waals surface area contributed by atoms with E-state index in [4.69, 9.17) is 14.6 Å². The predicted octanol–water partition coefficient (Wildman–Crippen LogP) is 2.78. The first-order valence-electron chi connectivity index (χ1n) is 10.4. The van der Waals surface area contributed by atoms with Gasteiger partial charge in [0.15, 0.2) is 5.79 Å². The van der Waals surface area contributed by atoms with E-state index in [1.54, 1.807) is 0 Å². The minimum atomic E-state index is -1.13. The number of aliphatic hydroxyl groups is 1. The highest BCUT2D eigenvalue weighted by molar-refractivity contribution is 5.65. The third-order valence-electron chi connectivity index (χ3n) is 5.41. The van der Waals surface area contributed by atoms with Crippen molar-refractivity contribution in [1.29, 1.82) is 0 Å². The highest BCUT2D eigenvalue weighted by atomic mass is 16.7. The third-order valence-corrected chi connectivity index (χ3v) is 5.41. The Labute approximate surface area is 173 Å². The standard InChI is InChI=1S/C22H36N2O5/c1-21(2,10-7-11-22(3)28-12-13-29-22)16-23-15-19(25)18(24-20(26)27)14-17-8-5-4-6-9-17/h4-6,8-9,18-19,23-25H,7,10-16H2,1-3H3,(H,26,27)/t18-,19-/m0/s1. The summed E-state index contributed by atoms with van der Waals surface area (Å²) < 4.78 is 11.3. The Morgan fingerprint density at radius 2 is 1.90 bits per heavy atom. The topological polar surface area (TPSA) is 100 Å². The van der Waals surface area contributed by atoms with E-state index in [1.807, 2.05) is 37.3 Å². The minimum absolute atomic E-state index is 0.0455. The summed E-state index contributed by atoms with van der Waals surface area (Å²) >= 11 is 0. The van der Waals surface area contributed by atoms with Gasteiger partial charge in [-0.25, -0.2) is 4.79 Å². The van der Waals surface area contributed by atoms with Crippen LogP contribution >= 0.6 is 0 Å². The Morgan fingerprint density at radius 3 is 2.52 bits per heavy atom. The first-order chi connectivity index (χ1) is 13.7. The number of benzene rings is 1. The van der Waals surface area contributed by atoms with Crippen LogP contribution in [0.25, 0.3) is 0 Å². The lowest BCUT2D eigenvalue weighted by atomic mass is 9.86. The van der Waals surface area contributed by atoms with Crippen LogP contribution in [0.5, 0.6) is 0 Å². The number of carbonyl (C=O) groups is 1. The maximum atomic E-state index is 11.1. The van der Waals surface area contributed by atoms with Gasteiger partial charge >= 0.3 is 6.09 Å². The lowest BCUT2D eigenvalue weighted by Gasteiger charge is -2.29. The average molecular weight is 409 g/mol. The Balaban J connectivity index is 1.75. The summed E-state index contributed by atoms with van der Waals surface area (Å²) in [5.74, 6) is -0.452. The molecule has 0 radical (unpaired) electrons. The molecule has 2 atom stereocenters. The molecule has 1 aliphatic rings. The van der Waals surface area contributed by atoms with Gasteiger partial charge in [0, 0.05) is 19.5 Å². The summed E-state index contributed by atoms with van der Waals surface area (Å²) in [4.78, 5) is 11.1. The second-order valence-electron chi connectivity index (χ2n) is 8.79. The highest BCUT2D eigenvalue weighted by Crippen LogP contribution is 2.29. The van der Waals surface area contributed by atoms with Gasteiger partial charge in [0.05, 0.1) is 25.4 Å². The molecular formula is C22H36N2O5. The molecule has 7 heteroatoms. The molecule has 2 rings (SSSR count). The summed E-state index contributed by atoms with van der Waals surface area (Å²) in [5.41, 5.74) is 1.03. The van der Waals surface area contributed by atoms with Crippen LogP contribution in [0, 0.1) is 5.41 Å². The first kappa shape index (κ1) is 23.6. The fraction of sp³-hybridized carbons (Fsp3) is 0.682. The van der Waals surface area contributed by atoms with Gasteiger partial charge in [0.25, 0.3) is 0 Å². The van der Waals surface area contributed by atoms with Crippen molar-refractivity contribution in [1.82, 2.24) is 10.6 Å². The zero-order valence-corrected chi connectivity index (χ0v) is 17.8. The Morgan fingerprint density at radius 1 is 1.24 bits per heavy atom. The average Bonchev–Trinajstić information content (AvgIpc) is 3.07. The molecule has 4 N–H and O–H groups in total. The maximum Gasteiger partial charge on any atom is 0.404 e. The summed E-state index contributed by atoms with van der Waals surface area (Å²) in [5, 5.41) is 25.4. The van der Waals surface area contributed by atoms with E-state index in [2.05, 4.69) is 24.5 Å². The SMILES string of the molecule is CC(C)(CCCC1(C)OCCO1)CNC[C@H](O)[C@H](Cc1ccccc1)NC(=O)O. The number of nitrogens with one attached hydrogen (secondary N) is 2. The second-order valence-corrected chi connectivity index (χ2v) is 8.79.